The van der Waals surface area contributed by atoms with Crippen molar-refractivity contribution in [3.05, 3.63) is 0 Å². The van der Waals surface area contributed by atoms with Gasteiger partial charge in [0.2, 0.25) is 0 Å². The molecule has 0 saturated heterocycles. The Labute approximate surface area is 101 Å². The monoisotopic (exact) mass is 192 g/mol. The molecule has 0 aromatic heterocycles. The zero-order chi connectivity index (χ0) is 7.49. The van der Waals surface area contributed by atoms with Crippen molar-refractivity contribution in [1.29, 1.82) is 0 Å². The van der Waals surface area contributed by atoms with Crippen molar-refractivity contribution in [2.45, 2.75) is 0 Å². The zero-order valence-electron chi connectivity index (χ0n) is 5.33. The maximum Gasteiger partial charge on any atom is 1.00 e. The molecule has 8 heteroatoms. The topological polar surface area (TPSA) is 112 Å². The maximum atomic E-state index is 9.75. The molecule has 0 unspecified atom stereocenters. The number of primary amides is 1. The first kappa shape index (κ1) is 13.4. The molecule has 0 aromatic carbocycles. The SMILES string of the molecule is NC(=O)NCS(=O)(=O)[O-].[K+]. The summed E-state index contributed by atoms with van der Waals surface area (Å²) < 4.78 is 29.1. The minimum Gasteiger partial charge on any atom is -0.747 e. The van der Waals surface area contributed by atoms with Gasteiger partial charge in [0.15, 0.2) is 0 Å². The Morgan fingerprint density at radius 3 is 2.10 bits per heavy atom. The van der Waals surface area contributed by atoms with Crippen LogP contribution in [0.2, 0.25) is 0 Å². The minimum atomic E-state index is -4.38. The smallest absolute Gasteiger partial charge is 0.747 e. The summed E-state index contributed by atoms with van der Waals surface area (Å²) in [5, 5.41) is 1.62. The Hall–Kier alpha value is 0.816. The Morgan fingerprint density at radius 1 is 1.60 bits per heavy atom. The third-order valence-corrected chi connectivity index (χ3v) is 0.921. The predicted octanol–water partition coefficient (Wildman–Crippen LogP) is -4.84. The molecular formula is C2H5KN2O4S. The molecule has 0 aliphatic heterocycles. The molecule has 0 spiro atoms. The number of nitrogens with two attached hydrogens (primary N) is 1. The molecule has 0 heterocycles. The van der Waals surface area contributed by atoms with Crippen molar-refractivity contribution in [2.24, 2.45) is 5.73 Å². The van der Waals surface area contributed by atoms with Gasteiger partial charge in [0, 0.05) is 0 Å². The molecule has 0 saturated carbocycles. The number of nitrogens with one attached hydrogen (secondary N) is 1. The van der Waals surface area contributed by atoms with E-state index >= 15 is 0 Å². The predicted molar refractivity (Wildman–Crippen MR) is 27.3 cm³/mol. The van der Waals surface area contributed by atoms with Crippen LogP contribution in [0.3, 0.4) is 0 Å². The van der Waals surface area contributed by atoms with Crippen molar-refractivity contribution in [3.63, 3.8) is 0 Å². The van der Waals surface area contributed by atoms with Crippen LogP contribution >= 0.6 is 0 Å². The Morgan fingerprint density at radius 2 is 2.00 bits per heavy atom. The summed E-state index contributed by atoms with van der Waals surface area (Å²) in [6, 6.07) is -1.03. The number of urea groups is 1. The molecule has 0 aliphatic carbocycles. The van der Waals surface area contributed by atoms with Crippen molar-refractivity contribution in [3.8, 4) is 0 Å². The molecular weight excluding hydrogens is 187 g/mol. The van der Waals surface area contributed by atoms with Crippen molar-refractivity contribution < 1.29 is 69.1 Å². The first-order chi connectivity index (χ1) is 3.92. The number of carbonyl (C=O) groups is 1. The van der Waals surface area contributed by atoms with E-state index < -0.39 is 22.0 Å². The largest absolute Gasteiger partial charge is 1.00 e. The molecule has 0 rings (SSSR count). The fourth-order valence-corrected chi connectivity index (χ4v) is 0.479. The van der Waals surface area contributed by atoms with Gasteiger partial charge in [0.1, 0.15) is 16.0 Å². The summed E-state index contributed by atoms with van der Waals surface area (Å²) in [6.07, 6.45) is 0. The number of rotatable bonds is 2. The molecule has 0 bridgehead atoms. The van der Waals surface area contributed by atoms with Gasteiger partial charge in [0.05, 0.1) is 0 Å². The third kappa shape index (κ3) is 11.6. The average Bonchev–Trinajstić information content (AvgIpc) is 1.59. The third-order valence-electron chi connectivity index (χ3n) is 0.423. The van der Waals surface area contributed by atoms with Crippen molar-refractivity contribution >= 4 is 16.1 Å². The van der Waals surface area contributed by atoms with Gasteiger partial charge in [-0.2, -0.15) is 0 Å². The van der Waals surface area contributed by atoms with Crippen LogP contribution in [-0.4, -0.2) is 24.9 Å². The van der Waals surface area contributed by atoms with Gasteiger partial charge in [-0.3, -0.25) is 0 Å². The van der Waals surface area contributed by atoms with E-state index in [0.29, 0.717) is 0 Å². The summed E-state index contributed by atoms with van der Waals surface area (Å²) in [5.74, 6) is -0.956. The van der Waals surface area contributed by atoms with E-state index in [4.69, 9.17) is 0 Å². The zero-order valence-corrected chi connectivity index (χ0v) is 9.27. The normalized spacial score (nSPS) is 9.70. The molecule has 0 atom stereocenters. The van der Waals surface area contributed by atoms with E-state index in [-0.39, 0.29) is 51.4 Å². The molecule has 0 radical (unpaired) electrons. The van der Waals surface area contributed by atoms with E-state index in [0.717, 1.165) is 0 Å². The number of hydrogen-bond acceptors (Lipinski definition) is 4. The molecule has 6 nitrogen and oxygen atoms in total. The van der Waals surface area contributed by atoms with Crippen LogP contribution in [0.1, 0.15) is 0 Å². The summed E-state index contributed by atoms with van der Waals surface area (Å²) in [6.45, 7) is 0. The fraction of sp³-hybridized carbons (Fsp3) is 0.500. The average molecular weight is 192 g/mol. The van der Waals surface area contributed by atoms with E-state index in [1.807, 2.05) is 0 Å². The first-order valence-corrected chi connectivity index (χ1v) is 3.46. The summed E-state index contributed by atoms with van der Waals surface area (Å²) in [5.41, 5.74) is 4.45. The van der Waals surface area contributed by atoms with Gasteiger partial charge in [-0.05, 0) is 0 Å². The molecule has 10 heavy (non-hydrogen) atoms. The quantitative estimate of drug-likeness (QED) is 0.337. The standard InChI is InChI=1S/C2H6N2O4S.K/c3-2(5)4-1-9(6,7)8;/h1H2,(H3,3,4,5)(H,6,7,8);/q;+1/p-1. The van der Waals surface area contributed by atoms with Crippen LogP contribution in [0.25, 0.3) is 0 Å². The van der Waals surface area contributed by atoms with E-state index in [2.05, 4.69) is 5.73 Å². The van der Waals surface area contributed by atoms with Gasteiger partial charge in [-0.25, -0.2) is 13.2 Å². The van der Waals surface area contributed by atoms with Crippen LogP contribution in [0.5, 0.6) is 0 Å². The molecule has 2 amide bonds. The van der Waals surface area contributed by atoms with Gasteiger partial charge in [0.25, 0.3) is 0 Å². The molecule has 0 aliphatic rings. The minimum absolute atomic E-state index is 0. The Bertz CT molecular complexity index is 199. The van der Waals surface area contributed by atoms with Crippen molar-refractivity contribution in [2.75, 3.05) is 5.88 Å². The number of amides is 2. The van der Waals surface area contributed by atoms with Crippen LogP contribution in [0, 0.1) is 0 Å². The van der Waals surface area contributed by atoms with Gasteiger partial charge in [-0.1, -0.05) is 0 Å². The van der Waals surface area contributed by atoms with Crippen LogP contribution in [0.4, 0.5) is 4.79 Å². The molecule has 0 aromatic rings. The van der Waals surface area contributed by atoms with E-state index in [9.17, 15) is 17.8 Å². The number of hydrogen-bond donors (Lipinski definition) is 2. The summed E-state index contributed by atoms with van der Waals surface area (Å²) in [4.78, 5) is 9.75. The van der Waals surface area contributed by atoms with Gasteiger partial charge >= 0.3 is 57.4 Å². The second-order valence-corrected chi connectivity index (χ2v) is 2.65. The van der Waals surface area contributed by atoms with Gasteiger partial charge < -0.3 is 15.6 Å². The molecule has 3 N–H and O–H groups in total. The van der Waals surface area contributed by atoms with E-state index in [1.54, 1.807) is 5.32 Å². The maximum absolute atomic E-state index is 9.75. The van der Waals surface area contributed by atoms with Crippen LogP contribution < -0.4 is 62.4 Å². The second kappa shape index (κ2) is 5.46. The molecule has 0 fully saturated rings. The van der Waals surface area contributed by atoms with E-state index in [1.165, 1.54) is 0 Å². The summed E-state index contributed by atoms with van der Waals surface area (Å²) in [7, 11) is -4.38. The Balaban J connectivity index is 0. The van der Waals surface area contributed by atoms with Gasteiger partial charge in [-0.15, -0.1) is 0 Å². The number of carbonyl (C=O) groups excluding carboxylic acids is 1. The Kier molecular flexibility index (Phi) is 7.33. The first-order valence-electron chi connectivity index (χ1n) is 1.89. The molecule has 54 valence electrons. The fourth-order valence-electron chi connectivity index (χ4n) is 0.160. The van der Waals surface area contributed by atoms with Crippen LogP contribution in [0.15, 0.2) is 0 Å². The van der Waals surface area contributed by atoms with Crippen LogP contribution in [-0.2, 0) is 10.1 Å². The second-order valence-electron chi connectivity index (χ2n) is 1.24. The summed E-state index contributed by atoms with van der Waals surface area (Å²) >= 11 is 0. The van der Waals surface area contributed by atoms with Crippen molar-refractivity contribution in [1.82, 2.24) is 5.32 Å².